The van der Waals surface area contributed by atoms with E-state index >= 15 is 0 Å². The molecule has 0 spiro atoms. The Hall–Kier alpha value is -0.367. The van der Waals surface area contributed by atoms with Crippen molar-refractivity contribution in [2.45, 2.75) is 52.9 Å². The average molecular weight is 315 g/mol. The summed E-state index contributed by atoms with van der Waals surface area (Å²) in [6.45, 7) is 16.4. The largest absolute Gasteiger partial charge is 4.00 e. The van der Waals surface area contributed by atoms with E-state index in [1.807, 2.05) is 0 Å². The molecule has 0 rings (SSSR count). The fraction of sp³-hybridized carbons (Fsp3) is 0.667. The van der Waals surface area contributed by atoms with Crippen molar-refractivity contribution in [3.63, 3.8) is 0 Å². The molecule has 0 N–H and O–H groups in total. The second-order valence-corrected chi connectivity index (χ2v) is 3.02. The van der Waals surface area contributed by atoms with Gasteiger partial charge in [0.15, 0.2) is 0 Å². The maximum Gasteiger partial charge on any atom is 4.00 e. The van der Waals surface area contributed by atoms with E-state index in [2.05, 4.69) is 41.1 Å². The zero-order valence-corrected chi connectivity index (χ0v) is 12.1. The van der Waals surface area contributed by atoms with Gasteiger partial charge in [-0.3, -0.25) is 20.4 Å². The third-order valence-corrected chi connectivity index (χ3v) is 1.53. The molecule has 0 radical (unpaired) electrons. The van der Waals surface area contributed by atoms with Crippen LogP contribution in [0.15, 0.2) is 0 Å². The Kier molecular flexibility index (Phi) is 86.4. The predicted molar refractivity (Wildman–Crippen MR) is 63.6 cm³/mol. The second-order valence-electron chi connectivity index (χ2n) is 3.02. The maximum absolute atomic E-state index is 7.75. The first-order valence-corrected chi connectivity index (χ1v) is 4.77. The van der Waals surface area contributed by atoms with Crippen molar-refractivity contribution in [3.05, 3.63) is 5.92 Å². The molecule has 0 aromatic rings. The van der Waals surface area contributed by atoms with Gasteiger partial charge in [0.1, 0.15) is 0 Å². The van der Waals surface area contributed by atoms with Crippen LogP contribution in [0.1, 0.15) is 52.9 Å². The Bertz CT molecular complexity index is 85.6. The standard InChI is InChI=1S/C9H19.3CHO.Ru/c1-4-5-6-7-8-9(2)3;3*1-2;/h4-8H2,1-3H3;3*1H;/q4*-1;+4. The van der Waals surface area contributed by atoms with Crippen molar-refractivity contribution in [1.82, 2.24) is 0 Å². The van der Waals surface area contributed by atoms with Crippen LogP contribution in [-0.2, 0) is 33.9 Å². The van der Waals surface area contributed by atoms with Crippen LogP contribution >= 0.6 is 0 Å². The smallest absolute Gasteiger partial charge is 0.545 e. The van der Waals surface area contributed by atoms with Crippen molar-refractivity contribution in [1.29, 1.82) is 0 Å². The number of unbranched alkanes of at least 4 members (excludes halogenated alkanes) is 3. The summed E-state index contributed by atoms with van der Waals surface area (Å²) >= 11 is 0. The van der Waals surface area contributed by atoms with Gasteiger partial charge in [-0.25, -0.2) is 0 Å². The molecule has 0 amide bonds. The summed E-state index contributed by atoms with van der Waals surface area (Å²) < 4.78 is 0. The van der Waals surface area contributed by atoms with Crippen molar-refractivity contribution < 1.29 is 33.9 Å². The monoisotopic (exact) mass is 316 g/mol. The van der Waals surface area contributed by atoms with Crippen LogP contribution in [0.25, 0.3) is 0 Å². The molecule has 0 saturated carbocycles. The Morgan fingerprint density at radius 1 is 0.812 bits per heavy atom. The molecule has 0 aromatic heterocycles. The van der Waals surface area contributed by atoms with Crippen molar-refractivity contribution in [2.75, 3.05) is 0 Å². The second kappa shape index (κ2) is 46.7. The van der Waals surface area contributed by atoms with Crippen molar-refractivity contribution >= 4 is 20.4 Å². The molecule has 3 nitrogen and oxygen atoms in total. The molecule has 0 aliphatic rings. The van der Waals surface area contributed by atoms with Gasteiger partial charge >= 0.3 is 19.5 Å². The van der Waals surface area contributed by atoms with Crippen LogP contribution in [0.5, 0.6) is 0 Å². The van der Waals surface area contributed by atoms with Crippen LogP contribution in [0.2, 0.25) is 0 Å². The number of hydrogen-bond acceptors (Lipinski definition) is 3. The molecule has 0 unspecified atom stereocenters. The number of rotatable bonds is 5. The third kappa shape index (κ3) is 68.6. The van der Waals surface area contributed by atoms with Crippen LogP contribution < -0.4 is 0 Å². The maximum atomic E-state index is 7.75. The molecule has 0 fully saturated rings. The van der Waals surface area contributed by atoms with E-state index in [1.54, 1.807) is 5.92 Å². The minimum absolute atomic E-state index is 0. The summed E-state index contributed by atoms with van der Waals surface area (Å²) in [5, 5.41) is 0. The quantitative estimate of drug-likeness (QED) is 0.339. The molecular weight excluding hydrogens is 293 g/mol. The van der Waals surface area contributed by atoms with Gasteiger partial charge in [-0.1, -0.05) is 32.6 Å². The molecule has 0 aliphatic carbocycles. The normalized spacial score (nSPS) is 6.75. The fourth-order valence-electron chi connectivity index (χ4n) is 0.905. The van der Waals surface area contributed by atoms with Crippen LogP contribution in [0, 0.1) is 5.92 Å². The van der Waals surface area contributed by atoms with E-state index in [4.69, 9.17) is 14.4 Å². The molecule has 0 heterocycles. The zero-order valence-electron chi connectivity index (χ0n) is 10.3. The first-order chi connectivity index (χ1) is 7.27. The van der Waals surface area contributed by atoms with Crippen molar-refractivity contribution in [3.8, 4) is 0 Å². The third-order valence-electron chi connectivity index (χ3n) is 1.53. The molecular formula is C12H22O3Ru. The van der Waals surface area contributed by atoms with Crippen LogP contribution in [-0.4, -0.2) is 20.4 Å². The Morgan fingerprint density at radius 3 is 1.44 bits per heavy atom. The summed E-state index contributed by atoms with van der Waals surface area (Å²) in [4.78, 5) is 23.2. The Balaban J connectivity index is -0.0000000498. The van der Waals surface area contributed by atoms with E-state index in [-0.39, 0.29) is 19.5 Å². The van der Waals surface area contributed by atoms with Gasteiger partial charge in [0.05, 0.1) is 0 Å². The van der Waals surface area contributed by atoms with Gasteiger partial charge < -0.3 is 20.3 Å². The summed E-state index contributed by atoms with van der Waals surface area (Å²) in [7, 11) is 0. The summed E-state index contributed by atoms with van der Waals surface area (Å²) in [5.41, 5.74) is 0. The van der Waals surface area contributed by atoms with Gasteiger partial charge in [-0.2, -0.15) is 20.3 Å². The van der Waals surface area contributed by atoms with E-state index < -0.39 is 0 Å². The Labute approximate surface area is 113 Å². The minimum Gasteiger partial charge on any atom is -0.545 e. The zero-order chi connectivity index (χ0) is 13.1. The molecule has 0 aromatic carbocycles. The SMILES string of the molecule is CCCCCC[C-](C)C.[CH-]=O.[CH-]=O.[CH-]=O.[Ru+4]. The topological polar surface area (TPSA) is 51.2 Å². The van der Waals surface area contributed by atoms with Crippen LogP contribution in [0.3, 0.4) is 0 Å². The van der Waals surface area contributed by atoms with Crippen LogP contribution in [0.4, 0.5) is 0 Å². The molecule has 0 aliphatic heterocycles. The summed E-state index contributed by atoms with van der Waals surface area (Å²) in [5.74, 6) is 1.58. The van der Waals surface area contributed by atoms with Gasteiger partial charge in [0.2, 0.25) is 0 Å². The molecule has 96 valence electrons. The van der Waals surface area contributed by atoms with Crippen molar-refractivity contribution in [2.24, 2.45) is 0 Å². The number of carbonyl (C=O) groups excluding carboxylic acids is 3. The summed E-state index contributed by atoms with van der Waals surface area (Å²) in [6, 6.07) is 0. The average Bonchev–Trinajstić information content (AvgIpc) is 2.32. The first-order valence-electron chi connectivity index (χ1n) is 4.77. The molecule has 0 atom stereocenters. The van der Waals surface area contributed by atoms with Gasteiger partial charge in [0, 0.05) is 0 Å². The molecule has 0 bridgehead atoms. The number of hydrogen-bond donors (Lipinski definition) is 0. The minimum atomic E-state index is 0. The molecule has 0 saturated heterocycles. The molecule has 16 heavy (non-hydrogen) atoms. The van der Waals surface area contributed by atoms with Gasteiger partial charge in [-0.05, 0) is 0 Å². The predicted octanol–water partition coefficient (Wildman–Crippen LogP) is 2.75. The van der Waals surface area contributed by atoms with E-state index in [1.165, 1.54) is 32.1 Å². The molecule has 4 heteroatoms. The van der Waals surface area contributed by atoms with E-state index in [0.29, 0.717) is 0 Å². The van der Waals surface area contributed by atoms with Gasteiger partial charge in [0.25, 0.3) is 0 Å². The Morgan fingerprint density at radius 2 is 1.19 bits per heavy atom. The first kappa shape index (κ1) is 29.6. The van der Waals surface area contributed by atoms with E-state index in [9.17, 15) is 0 Å². The van der Waals surface area contributed by atoms with Gasteiger partial charge in [-0.15, -0.1) is 0 Å². The summed E-state index contributed by atoms with van der Waals surface area (Å²) in [6.07, 6.45) is 6.91. The fourth-order valence-corrected chi connectivity index (χ4v) is 0.905. The van der Waals surface area contributed by atoms with E-state index in [0.717, 1.165) is 0 Å².